The highest BCUT2D eigenvalue weighted by Crippen LogP contribution is 2.09. The van der Waals surface area contributed by atoms with Crippen molar-refractivity contribution in [2.45, 2.75) is 26.2 Å². The second-order valence-corrected chi connectivity index (χ2v) is 5.08. The fourth-order valence-electron chi connectivity index (χ4n) is 1.90. The van der Waals surface area contributed by atoms with E-state index in [0.29, 0.717) is 19.0 Å². The van der Waals surface area contributed by atoms with Crippen LogP contribution >= 0.6 is 0 Å². The Morgan fingerprint density at radius 3 is 2.52 bits per heavy atom. The van der Waals surface area contributed by atoms with Crippen LogP contribution in [0, 0.1) is 11.6 Å². The van der Waals surface area contributed by atoms with Crippen LogP contribution < -0.4 is 16.0 Å². The number of amides is 2. The zero-order valence-electron chi connectivity index (χ0n) is 13.3. The van der Waals surface area contributed by atoms with Crippen molar-refractivity contribution in [3.63, 3.8) is 0 Å². The molecule has 0 aromatic heterocycles. The Labute approximate surface area is 134 Å². The second-order valence-electron chi connectivity index (χ2n) is 5.08. The van der Waals surface area contributed by atoms with Gasteiger partial charge in [0.25, 0.3) is 5.91 Å². The van der Waals surface area contributed by atoms with Gasteiger partial charge in [-0.05, 0) is 31.5 Å². The first kappa shape index (κ1) is 19.0. The average Bonchev–Trinajstić information content (AvgIpc) is 2.51. The molecule has 5 nitrogen and oxygen atoms in total. The summed E-state index contributed by atoms with van der Waals surface area (Å²) in [7, 11) is 0. The summed E-state index contributed by atoms with van der Waals surface area (Å²) in [5.41, 5.74) is -0.210. The molecule has 0 spiro atoms. The Morgan fingerprint density at radius 2 is 1.83 bits per heavy atom. The molecule has 0 atom stereocenters. The molecule has 2 amide bonds. The van der Waals surface area contributed by atoms with Crippen molar-refractivity contribution in [2.24, 2.45) is 0 Å². The molecule has 0 unspecified atom stereocenters. The molecule has 0 aliphatic rings. The lowest BCUT2D eigenvalue weighted by Crippen LogP contribution is -2.32. The summed E-state index contributed by atoms with van der Waals surface area (Å²) in [4.78, 5) is 23.2. The summed E-state index contributed by atoms with van der Waals surface area (Å²) in [5.74, 6) is -2.35. The van der Waals surface area contributed by atoms with Crippen molar-refractivity contribution in [1.82, 2.24) is 16.0 Å². The van der Waals surface area contributed by atoms with E-state index < -0.39 is 17.5 Å². The van der Waals surface area contributed by atoms with Gasteiger partial charge in [0.1, 0.15) is 11.6 Å². The van der Waals surface area contributed by atoms with Crippen molar-refractivity contribution in [3.8, 4) is 0 Å². The number of nitrogens with one attached hydrogen (secondary N) is 3. The Bertz CT molecular complexity index is 524. The zero-order chi connectivity index (χ0) is 17.1. The van der Waals surface area contributed by atoms with E-state index >= 15 is 0 Å². The van der Waals surface area contributed by atoms with Crippen molar-refractivity contribution < 1.29 is 18.4 Å². The van der Waals surface area contributed by atoms with Crippen LogP contribution in [-0.2, 0) is 4.79 Å². The van der Waals surface area contributed by atoms with Crippen molar-refractivity contribution in [1.29, 1.82) is 0 Å². The van der Waals surface area contributed by atoms with Gasteiger partial charge in [0, 0.05) is 32.1 Å². The summed E-state index contributed by atoms with van der Waals surface area (Å²) in [5, 5.41) is 8.43. The minimum atomic E-state index is -0.903. The van der Waals surface area contributed by atoms with E-state index in [2.05, 4.69) is 22.9 Å². The summed E-state index contributed by atoms with van der Waals surface area (Å²) in [6, 6.07) is 2.78. The third kappa shape index (κ3) is 7.69. The molecule has 0 heterocycles. The summed E-state index contributed by atoms with van der Waals surface area (Å²) in [6.07, 6.45) is 1.77. The van der Waals surface area contributed by atoms with E-state index in [-0.39, 0.29) is 24.4 Å². The molecule has 0 saturated heterocycles. The van der Waals surface area contributed by atoms with Gasteiger partial charge in [-0.1, -0.05) is 6.92 Å². The molecule has 0 saturated carbocycles. The van der Waals surface area contributed by atoms with E-state index in [1.807, 2.05) is 0 Å². The Hall–Kier alpha value is -2.02. The lowest BCUT2D eigenvalue weighted by atomic mass is 10.2. The van der Waals surface area contributed by atoms with Crippen LogP contribution in [0.5, 0.6) is 0 Å². The van der Waals surface area contributed by atoms with Gasteiger partial charge >= 0.3 is 0 Å². The standard InChI is InChI=1S/C16H23F2N3O2/c1-2-7-19-9-10-20-15(22)4-3-8-21-16(23)13-6-5-12(17)11-14(13)18/h5-6,11,19H,2-4,7-10H2,1H3,(H,20,22)(H,21,23). The molecule has 0 fully saturated rings. The third-order valence-corrected chi connectivity index (χ3v) is 3.09. The quantitative estimate of drug-likeness (QED) is 0.572. The molecule has 0 aliphatic carbocycles. The minimum Gasteiger partial charge on any atom is -0.355 e. The van der Waals surface area contributed by atoms with Gasteiger partial charge in [0.2, 0.25) is 5.91 Å². The fraction of sp³-hybridized carbons (Fsp3) is 0.500. The maximum atomic E-state index is 13.4. The van der Waals surface area contributed by atoms with Gasteiger partial charge in [-0.3, -0.25) is 9.59 Å². The highest BCUT2D eigenvalue weighted by atomic mass is 19.1. The third-order valence-electron chi connectivity index (χ3n) is 3.09. The number of hydrogen-bond donors (Lipinski definition) is 3. The Kier molecular flexibility index (Phi) is 8.82. The predicted molar refractivity (Wildman–Crippen MR) is 84.1 cm³/mol. The first-order chi connectivity index (χ1) is 11.0. The van der Waals surface area contributed by atoms with E-state index in [1.54, 1.807) is 0 Å². The van der Waals surface area contributed by atoms with Gasteiger partial charge in [0.05, 0.1) is 5.56 Å². The largest absolute Gasteiger partial charge is 0.355 e. The van der Waals surface area contributed by atoms with Crippen LogP contribution in [0.15, 0.2) is 18.2 Å². The highest BCUT2D eigenvalue weighted by molar-refractivity contribution is 5.94. The molecule has 23 heavy (non-hydrogen) atoms. The molecule has 0 aliphatic heterocycles. The summed E-state index contributed by atoms with van der Waals surface area (Å²) in [6.45, 7) is 4.52. The molecule has 3 N–H and O–H groups in total. The number of halogens is 2. The van der Waals surface area contributed by atoms with Gasteiger partial charge in [-0.15, -0.1) is 0 Å². The van der Waals surface area contributed by atoms with Gasteiger partial charge in [0.15, 0.2) is 0 Å². The Balaban J connectivity index is 2.16. The number of rotatable bonds is 10. The van der Waals surface area contributed by atoms with Gasteiger partial charge in [-0.25, -0.2) is 8.78 Å². The highest BCUT2D eigenvalue weighted by Gasteiger charge is 2.11. The van der Waals surface area contributed by atoms with E-state index in [0.717, 1.165) is 31.6 Å². The fourth-order valence-corrected chi connectivity index (χ4v) is 1.90. The summed E-state index contributed by atoms with van der Waals surface area (Å²) >= 11 is 0. The minimum absolute atomic E-state index is 0.0921. The van der Waals surface area contributed by atoms with Crippen LogP contribution in [0.2, 0.25) is 0 Å². The molecule has 1 rings (SSSR count). The SMILES string of the molecule is CCCNCCNC(=O)CCCNC(=O)c1ccc(F)cc1F. The van der Waals surface area contributed by atoms with Crippen LogP contribution in [0.25, 0.3) is 0 Å². The molecule has 1 aromatic rings. The van der Waals surface area contributed by atoms with Crippen LogP contribution in [0.1, 0.15) is 36.5 Å². The molecular weight excluding hydrogens is 304 g/mol. The second kappa shape index (κ2) is 10.7. The topological polar surface area (TPSA) is 70.2 Å². The summed E-state index contributed by atoms with van der Waals surface area (Å²) < 4.78 is 26.2. The molecular formula is C16H23F2N3O2. The molecule has 1 aromatic carbocycles. The number of carbonyl (C=O) groups is 2. The number of carbonyl (C=O) groups excluding carboxylic acids is 2. The van der Waals surface area contributed by atoms with Gasteiger partial charge < -0.3 is 16.0 Å². The average molecular weight is 327 g/mol. The van der Waals surface area contributed by atoms with Crippen molar-refractivity contribution in [3.05, 3.63) is 35.4 Å². The molecule has 128 valence electrons. The predicted octanol–water partition coefficient (Wildman–Crippen LogP) is 1.59. The lowest BCUT2D eigenvalue weighted by Gasteiger charge is -2.07. The Morgan fingerprint density at radius 1 is 1.04 bits per heavy atom. The van der Waals surface area contributed by atoms with Crippen LogP contribution in [0.4, 0.5) is 8.78 Å². The smallest absolute Gasteiger partial charge is 0.254 e. The van der Waals surface area contributed by atoms with Gasteiger partial charge in [-0.2, -0.15) is 0 Å². The first-order valence-electron chi connectivity index (χ1n) is 7.75. The zero-order valence-corrected chi connectivity index (χ0v) is 13.3. The molecule has 7 heteroatoms. The van der Waals surface area contributed by atoms with E-state index in [4.69, 9.17) is 0 Å². The normalized spacial score (nSPS) is 10.4. The number of benzene rings is 1. The maximum Gasteiger partial charge on any atom is 0.254 e. The monoisotopic (exact) mass is 327 g/mol. The first-order valence-corrected chi connectivity index (χ1v) is 7.75. The molecule has 0 bridgehead atoms. The maximum absolute atomic E-state index is 13.4. The van der Waals surface area contributed by atoms with E-state index in [9.17, 15) is 18.4 Å². The number of hydrogen-bond acceptors (Lipinski definition) is 3. The molecule has 0 radical (unpaired) electrons. The van der Waals surface area contributed by atoms with Crippen molar-refractivity contribution in [2.75, 3.05) is 26.2 Å². The lowest BCUT2D eigenvalue weighted by molar-refractivity contribution is -0.121. The van der Waals surface area contributed by atoms with Crippen LogP contribution in [0.3, 0.4) is 0 Å². The van der Waals surface area contributed by atoms with E-state index in [1.165, 1.54) is 0 Å². The van der Waals surface area contributed by atoms with Crippen LogP contribution in [-0.4, -0.2) is 38.0 Å². The van der Waals surface area contributed by atoms with Crippen molar-refractivity contribution >= 4 is 11.8 Å².